The van der Waals surface area contributed by atoms with Crippen molar-refractivity contribution >= 4 is 23.2 Å². The number of phenols is 1. The SMILES string of the molecule is [CH2]c1cc(Cl)c(Cl)cc1O. The highest BCUT2D eigenvalue weighted by atomic mass is 35.5. The van der Waals surface area contributed by atoms with E-state index >= 15 is 0 Å². The molecule has 0 unspecified atom stereocenters. The molecule has 0 aliphatic heterocycles. The third-order valence-corrected chi connectivity index (χ3v) is 1.84. The summed E-state index contributed by atoms with van der Waals surface area (Å²) in [6.45, 7) is 3.53. The summed E-state index contributed by atoms with van der Waals surface area (Å²) >= 11 is 11.2. The van der Waals surface area contributed by atoms with E-state index in [1.807, 2.05) is 0 Å². The number of benzene rings is 1. The van der Waals surface area contributed by atoms with E-state index in [0.717, 1.165) is 0 Å². The van der Waals surface area contributed by atoms with E-state index in [1.165, 1.54) is 12.1 Å². The Morgan fingerprint density at radius 3 is 2.20 bits per heavy atom. The topological polar surface area (TPSA) is 20.2 Å². The number of rotatable bonds is 0. The van der Waals surface area contributed by atoms with E-state index in [1.54, 1.807) is 0 Å². The quantitative estimate of drug-likeness (QED) is 0.644. The van der Waals surface area contributed by atoms with Crippen LogP contribution in [0.25, 0.3) is 0 Å². The first kappa shape index (κ1) is 7.70. The van der Waals surface area contributed by atoms with Crippen molar-refractivity contribution in [3.63, 3.8) is 0 Å². The summed E-state index contributed by atoms with van der Waals surface area (Å²) in [5, 5.41) is 9.77. The van der Waals surface area contributed by atoms with Gasteiger partial charge in [0.25, 0.3) is 0 Å². The van der Waals surface area contributed by atoms with E-state index in [-0.39, 0.29) is 5.75 Å². The summed E-state index contributed by atoms with van der Waals surface area (Å²) in [5.41, 5.74) is 0.481. The first-order valence-corrected chi connectivity index (χ1v) is 3.37. The molecule has 0 fully saturated rings. The second-order valence-electron chi connectivity index (χ2n) is 1.90. The van der Waals surface area contributed by atoms with Crippen LogP contribution >= 0.6 is 23.2 Å². The summed E-state index contributed by atoms with van der Waals surface area (Å²) in [6, 6.07) is 2.88. The van der Waals surface area contributed by atoms with Gasteiger partial charge in [-0.3, -0.25) is 0 Å². The van der Waals surface area contributed by atoms with Gasteiger partial charge in [0.1, 0.15) is 5.75 Å². The van der Waals surface area contributed by atoms with E-state index in [0.29, 0.717) is 15.6 Å². The monoisotopic (exact) mass is 175 g/mol. The molecular weight excluding hydrogens is 171 g/mol. The molecular formula is C7H5Cl2O. The standard InChI is InChI=1S/C7H5Cl2O/c1-4-2-5(8)6(9)3-7(4)10/h2-3,10H,1H2. The Morgan fingerprint density at radius 1 is 1.20 bits per heavy atom. The Balaban J connectivity index is 3.28. The average molecular weight is 176 g/mol. The van der Waals surface area contributed by atoms with Gasteiger partial charge < -0.3 is 5.11 Å². The van der Waals surface area contributed by atoms with Crippen molar-refractivity contribution in [3.8, 4) is 5.75 Å². The Kier molecular flexibility index (Phi) is 2.07. The third kappa shape index (κ3) is 1.36. The first-order valence-electron chi connectivity index (χ1n) is 2.61. The minimum atomic E-state index is 0.0643. The molecule has 0 spiro atoms. The van der Waals surface area contributed by atoms with Crippen LogP contribution in [0.3, 0.4) is 0 Å². The maximum absolute atomic E-state index is 9.02. The predicted molar refractivity (Wildman–Crippen MR) is 42.6 cm³/mol. The Hall–Kier alpha value is -0.400. The molecule has 1 aromatic rings. The van der Waals surface area contributed by atoms with E-state index in [2.05, 4.69) is 6.92 Å². The lowest BCUT2D eigenvalue weighted by Gasteiger charge is -1.99. The Labute approximate surface area is 69.2 Å². The van der Waals surface area contributed by atoms with Gasteiger partial charge in [-0.15, -0.1) is 0 Å². The molecule has 0 heterocycles. The second-order valence-corrected chi connectivity index (χ2v) is 2.71. The van der Waals surface area contributed by atoms with Crippen molar-refractivity contribution in [2.75, 3.05) is 0 Å². The minimum absolute atomic E-state index is 0.0643. The van der Waals surface area contributed by atoms with Gasteiger partial charge in [0, 0.05) is 6.07 Å². The van der Waals surface area contributed by atoms with E-state index < -0.39 is 0 Å². The zero-order chi connectivity index (χ0) is 7.72. The molecule has 0 bridgehead atoms. The summed E-state index contributed by atoms with van der Waals surface area (Å²) in [4.78, 5) is 0. The van der Waals surface area contributed by atoms with Gasteiger partial charge >= 0.3 is 0 Å². The lowest BCUT2D eigenvalue weighted by atomic mass is 10.2. The highest BCUT2D eigenvalue weighted by Crippen LogP contribution is 2.28. The molecule has 10 heavy (non-hydrogen) atoms. The van der Waals surface area contributed by atoms with Crippen molar-refractivity contribution < 1.29 is 5.11 Å². The maximum atomic E-state index is 9.02. The van der Waals surface area contributed by atoms with Crippen LogP contribution in [0.15, 0.2) is 12.1 Å². The van der Waals surface area contributed by atoms with Crippen LogP contribution in [-0.4, -0.2) is 5.11 Å². The normalized spacial score (nSPS) is 9.90. The van der Waals surface area contributed by atoms with Crippen LogP contribution in [0.4, 0.5) is 0 Å². The largest absolute Gasteiger partial charge is 0.508 e. The molecule has 53 valence electrons. The van der Waals surface area contributed by atoms with Gasteiger partial charge in [-0.2, -0.15) is 0 Å². The number of aromatic hydroxyl groups is 1. The molecule has 1 N–H and O–H groups in total. The fourth-order valence-corrected chi connectivity index (χ4v) is 0.922. The Morgan fingerprint density at radius 2 is 1.70 bits per heavy atom. The zero-order valence-electron chi connectivity index (χ0n) is 5.06. The summed E-state index contributed by atoms with van der Waals surface area (Å²) in [6.07, 6.45) is 0. The lowest BCUT2D eigenvalue weighted by molar-refractivity contribution is 0.473. The summed E-state index contributed by atoms with van der Waals surface area (Å²) < 4.78 is 0. The Bertz CT molecular complexity index is 208. The smallest absolute Gasteiger partial charge is 0.120 e. The predicted octanol–water partition coefficient (Wildman–Crippen LogP) is 2.88. The minimum Gasteiger partial charge on any atom is -0.508 e. The van der Waals surface area contributed by atoms with Crippen molar-refractivity contribution in [1.82, 2.24) is 0 Å². The van der Waals surface area contributed by atoms with E-state index in [4.69, 9.17) is 28.3 Å². The molecule has 0 atom stereocenters. The first-order chi connectivity index (χ1) is 4.61. The molecule has 0 amide bonds. The fourth-order valence-electron chi connectivity index (χ4n) is 0.578. The molecule has 1 radical (unpaired) electrons. The number of phenolic OH excluding ortho intramolecular Hbond substituents is 1. The van der Waals surface area contributed by atoms with Crippen LogP contribution in [0, 0.1) is 6.92 Å². The van der Waals surface area contributed by atoms with Gasteiger partial charge in [-0.05, 0) is 18.6 Å². The lowest BCUT2D eigenvalue weighted by Crippen LogP contribution is -1.75. The van der Waals surface area contributed by atoms with Crippen LogP contribution in [0.2, 0.25) is 10.0 Å². The van der Waals surface area contributed by atoms with Gasteiger partial charge in [-0.25, -0.2) is 0 Å². The second kappa shape index (κ2) is 2.69. The molecule has 0 aromatic heterocycles. The summed E-state index contributed by atoms with van der Waals surface area (Å²) in [7, 11) is 0. The van der Waals surface area contributed by atoms with E-state index in [9.17, 15) is 0 Å². The summed E-state index contributed by atoms with van der Waals surface area (Å²) in [5.74, 6) is 0.0643. The highest BCUT2D eigenvalue weighted by Gasteiger charge is 2.01. The van der Waals surface area contributed by atoms with Crippen LogP contribution in [-0.2, 0) is 0 Å². The number of hydrogen-bond donors (Lipinski definition) is 1. The number of hydrogen-bond acceptors (Lipinski definition) is 1. The van der Waals surface area contributed by atoms with Crippen LogP contribution < -0.4 is 0 Å². The third-order valence-electron chi connectivity index (χ3n) is 1.12. The fraction of sp³-hybridized carbons (Fsp3) is 0. The van der Waals surface area contributed by atoms with Crippen molar-refractivity contribution in [2.45, 2.75) is 0 Å². The van der Waals surface area contributed by atoms with Gasteiger partial charge in [0.05, 0.1) is 10.0 Å². The van der Waals surface area contributed by atoms with Crippen LogP contribution in [0.5, 0.6) is 5.75 Å². The molecule has 1 nitrogen and oxygen atoms in total. The maximum Gasteiger partial charge on any atom is 0.120 e. The number of halogens is 2. The van der Waals surface area contributed by atoms with Gasteiger partial charge in [-0.1, -0.05) is 23.2 Å². The average Bonchev–Trinajstić information content (AvgIpc) is 1.84. The van der Waals surface area contributed by atoms with Crippen molar-refractivity contribution in [3.05, 3.63) is 34.7 Å². The van der Waals surface area contributed by atoms with Crippen molar-refractivity contribution in [2.24, 2.45) is 0 Å². The molecule has 0 saturated carbocycles. The molecule has 3 heteroatoms. The molecule has 1 aromatic carbocycles. The molecule has 0 saturated heterocycles. The van der Waals surface area contributed by atoms with Crippen LogP contribution in [0.1, 0.15) is 5.56 Å². The highest BCUT2D eigenvalue weighted by molar-refractivity contribution is 6.42. The molecule has 1 rings (SSSR count). The zero-order valence-corrected chi connectivity index (χ0v) is 6.58. The van der Waals surface area contributed by atoms with Crippen molar-refractivity contribution in [1.29, 1.82) is 0 Å². The molecule has 0 aliphatic rings. The van der Waals surface area contributed by atoms with Gasteiger partial charge in [0.2, 0.25) is 0 Å². The van der Waals surface area contributed by atoms with Gasteiger partial charge in [0.15, 0.2) is 0 Å². The molecule has 0 aliphatic carbocycles.